The summed E-state index contributed by atoms with van der Waals surface area (Å²) in [7, 11) is -3.94. The summed E-state index contributed by atoms with van der Waals surface area (Å²) in [6.45, 7) is 0.177. The number of aliphatic carboxylic acids is 1. The number of hydrogen-bond donors (Lipinski definition) is 2. The molecule has 2 N–H and O–H groups in total. The van der Waals surface area contributed by atoms with Gasteiger partial charge in [-0.1, -0.05) is 64.5 Å². The van der Waals surface area contributed by atoms with Crippen molar-refractivity contribution in [1.29, 1.82) is 5.26 Å². The summed E-state index contributed by atoms with van der Waals surface area (Å²) in [5.41, 5.74) is 2.80. The van der Waals surface area contributed by atoms with Crippen molar-refractivity contribution in [3.05, 3.63) is 88.4 Å². The molecule has 0 radical (unpaired) electrons. The molecule has 4 rings (SSSR count). The molecule has 1 fully saturated rings. The standard InChI is InChI=1S/C27H24BrN3O5S/c28-21-6-3-7-22(16-21)37(35,36)31-14-4-9-25(31)26(32)30-24(27(33)34)15-18-10-12-19(13-11-18)23-8-2-1-5-20(23)17-29/h1-3,5-8,10-13,16,24-25H,4,9,14-15H2,(H,30,32)(H,33,34)/t24-,25-/m0/s1. The van der Waals surface area contributed by atoms with Crippen LogP contribution >= 0.6 is 15.9 Å². The van der Waals surface area contributed by atoms with Gasteiger partial charge in [-0.25, -0.2) is 13.2 Å². The van der Waals surface area contributed by atoms with Crippen molar-refractivity contribution in [3.63, 3.8) is 0 Å². The molecule has 1 aliphatic rings. The SMILES string of the molecule is N#Cc1ccccc1-c1ccc(C[C@H](NC(=O)[C@@H]2CCCN2S(=O)(=O)c2cccc(Br)c2)C(=O)O)cc1. The van der Waals surface area contributed by atoms with Crippen LogP contribution in [-0.2, 0) is 26.0 Å². The number of carboxylic acids is 1. The van der Waals surface area contributed by atoms with Gasteiger partial charge in [-0.3, -0.25) is 4.79 Å². The minimum absolute atomic E-state index is 0.0202. The van der Waals surface area contributed by atoms with Crippen molar-refractivity contribution in [1.82, 2.24) is 9.62 Å². The quantitative estimate of drug-likeness (QED) is 0.414. The zero-order valence-electron chi connectivity index (χ0n) is 19.7. The maximum Gasteiger partial charge on any atom is 0.326 e. The first-order valence-electron chi connectivity index (χ1n) is 11.6. The average molecular weight is 582 g/mol. The van der Waals surface area contributed by atoms with Crippen LogP contribution < -0.4 is 5.32 Å². The van der Waals surface area contributed by atoms with Gasteiger partial charge >= 0.3 is 5.97 Å². The first-order chi connectivity index (χ1) is 17.7. The highest BCUT2D eigenvalue weighted by atomic mass is 79.9. The number of hydrogen-bond acceptors (Lipinski definition) is 5. The molecule has 0 unspecified atom stereocenters. The molecule has 3 aromatic carbocycles. The second-order valence-corrected chi connectivity index (χ2v) is 11.5. The van der Waals surface area contributed by atoms with Crippen LogP contribution in [-0.4, -0.2) is 48.3 Å². The first kappa shape index (κ1) is 26.5. The molecular weight excluding hydrogens is 558 g/mol. The highest BCUT2D eigenvalue weighted by Gasteiger charge is 2.40. The van der Waals surface area contributed by atoms with Crippen molar-refractivity contribution in [2.24, 2.45) is 0 Å². The number of carboxylic acid groups (broad SMARTS) is 1. The van der Waals surface area contributed by atoms with Gasteiger partial charge in [0.05, 0.1) is 16.5 Å². The normalized spacial score (nSPS) is 16.6. The van der Waals surface area contributed by atoms with Crippen LogP contribution in [0.2, 0.25) is 0 Å². The Balaban J connectivity index is 1.48. The van der Waals surface area contributed by atoms with E-state index in [1.807, 2.05) is 12.1 Å². The molecule has 2 atom stereocenters. The van der Waals surface area contributed by atoms with Crippen molar-refractivity contribution in [2.45, 2.75) is 36.2 Å². The van der Waals surface area contributed by atoms with E-state index in [-0.39, 0.29) is 17.9 Å². The number of rotatable bonds is 8. The molecule has 0 bridgehead atoms. The Bertz CT molecular complexity index is 1470. The highest BCUT2D eigenvalue weighted by Crippen LogP contribution is 2.28. The zero-order chi connectivity index (χ0) is 26.6. The van der Waals surface area contributed by atoms with Gasteiger partial charge in [-0.05, 0) is 53.8 Å². The number of nitriles is 1. The fourth-order valence-corrected chi connectivity index (χ4v) is 6.66. The van der Waals surface area contributed by atoms with Crippen molar-refractivity contribution in [3.8, 4) is 17.2 Å². The molecule has 1 heterocycles. The van der Waals surface area contributed by atoms with Crippen LogP contribution in [0.1, 0.15) is 24.0 Å². The zero-order valence-corrected chi connectivity index (χ0v) is 22.1. The molecule has 37 heavy (non-hydrogen) atoms. The Morgan fingerprint density at radius 3 is 2.51 bits per heavy atom. The minimum atomic E-state index is -3.94. The maximum atomic E-state index is 13.2. The summed E-state index contributed by atoms with van der Waals surface area (Å²) < 4.78 is 28.1. The number of carbonyl (C=O) groups is 2. The fourth-order valence-electron chi connectivity index (χ4n) is 4.41. The molecule has 8 nitrogen and oxygen atoms in total. The molecular formula is C27H24BrN3O5S. The third-order valence-corrected chi connectivity index (χ3v) is 8.67. The van der Waals surface area contributed by atoms with Gasteiger partial charge in [0.15, 0.2) is 0 Å². The monoisotopic (exact) mass is 581 g/mol. The maximum absolute atomic E-state index is 13.2. The lowest BCUT2D eigenvalue weighted by atomic mass is 9.97. The molecule has 1 saturated heterocycles. The lowest BCUT2D eigenvalue weighted by Crippen LogP contribution is -2.51. The van der Waals surface area contributed by atoms with E-state index in [4.69, 9.17) is 0 Å². The Morgan fingerprint density at radius 1 is 1.11 bits per heavy atom. The summed E-state index contributed by atoms with van der Waals surface area (Å²) in [6, 6.07) is 20.5. The second-order valence-electron chi connectivity index (χ2n) is 8.69. The largest absolute Gasteiger partial charge is 0.480 e. The fraction of sp³-hybridized carbons (Fsp3) is 0.222. The topological polar surface area (TPSA) is 128 Å². The average Bonchev–Trinajstić information content (AvgIpc) is 3.40. The second kappa shape index (κ2) is 11.3. The van der Waals surface area contributed by atoms with E-state index < -0.39 is 34.0 Å². The van der Waals surface area contributed by atoms with Crippen LogP contribution in [0.25, 0.3) is 11.1 Å². The third-order valence-electron chi connectivity index (χ3n) is 6.28. The van der Waals surface area contributed by atoms with Gasteiger partial charge in [0.2, 0.25) is 15.9 Å². The Hall–Kier alpha value is -3.52. The van der Waals surface area contributed by atoms with E-state index in [1.54, 1.807) is 48.5 Å². The third kappa shape index (κ3) is 5.91. The Morgan fingerprint density at radius 2 is 1.84 bits per heavy atom. The molecule has 0 spiro atoms. The van der Waals surface area contributed by atoms with E-state index in [0.29, 0.717) is 28.4 Å². The Kier molecular flexibility index (Phi) is 8.07. The number of nitrogens with zero attached hydrogens (tertiary/aromatic N) is 2. The highest BCUT2D eigenvalue weighted by molar-refractivity contribution is 9.10. The van der Waals surface area contributed by atoms with Gasteiger partial charge in [0, 0.05) is 17.4 Å². The number of benzene rings is 3. The summed E-state index contributed by atoms with van der Waals surface area (Å²) in [4.78, 5) is 25.1. The lowest BCUT2D eigenvalue weighted by Gasteiger charge is -2.25. The van der Waals surface area contributed by atoms with Crippen LogP contribution in [0.4, 0.5) is 0 Å². The molecule has 3 aromatic rings. The lowest BCUT2D eigenvalue weighted by molar-refractivity contribution is -0.142. The molecule has 0 saturated carbocycles. The molecule has 190 valence electrons. The van der Waals surface area contributed by atoms with Crippen LogP contribution in [0.5, 0.6) is 0 Å². The van der Waals surface area contributed by atoms with Gasteiger partial charge in [-0.2, -0.15) is 9.57 Å². The van der Waals surface area contributed by atoms with Crippen LogP contribution in [0, 0.1) is 11.3 Å². The first-order valence-corrected chi connectivity index (χ1v) is 13.8. The number of carbonyl (C=O) groups excluding carboxylic acids is 1. The van der Waals surface area contributed by atoms with Gasteiger partial charge in [0.1, 0.15) is 12.1 Å². The van der Waals surface area contributed by atoms with E-state index in [2.05, 4.69) is 27.3 Å². The molecule has 0 aromatic heterocycles. The number of halogens is 1. The minimum Gasteiger partial charge on any atom is -0.480 e. The summed E-state index contributed by atoms with van der Waals surface area (Å²) in [6.07, 6.45) is 0.819. The number of nitrogens with one attached hydrogen (secondary N) is 1. The van der Waals surface area contributed by atoms with Gasteiger partial charge in [-0.15, -0.1) is 0 Å². The summed E-state index contributed by atoms with van der Waals surface area (Å²) in [5.74, 6) is -1.85. The van der Waals surface area contributed by atoms with E-state index in [1.165, 1.54) is 12.1 Å². The Labute approximate surface area is 223 Å². The molecule has 1 aliphatic heterocycles. The van der Waals surface area contributed by atoms with E-state index in [9.17, 15) is 28.4 Å². The molecule has 10 heteroatoms. The van der Waals surface area contributed by atoms with Crippen molar-refractivity contribution >= 4 is 37.8 Å². The predicted octanol–water partition coefficient (Wildman–Crippen LogP) is 3.95. The summed E-state index contributed by atoms with van der Waals surface area (Å²) >= 11 is 3.27. The molecule has 0 aliphatic carbocycles. The van der Waals surface area contributed by atoms with Gasteiger partial charge < -0.3 is 10.4 Å². The molecule has 1 amide bonds. The van der Waals surface area contributed by atoms with E-state index in [0.717, 1.165) is 15.4 Å². The van der Waals surface area contributed by atoms with Crippen molar-refractivity contribution < 1.29 is 23.1 Å². The van der Waals surface area contributed by atoms with Crippen LogP contribution in [0.3, 0.4) is 0 Å². The van der Waals surface area contributed by atoms with Crippen LogP contribution in [0.15, 0.2) is 82.2 Å². The van der Waals surface area contributed by atoms with Crippen molar-refractivity contribution in [2.75, 3.05) is 6.54 Å². The predicted molar refractivity (Wildman–Crippen MR) is 141 cm³/mol. The van der Waals surface area contributed by atoms with Gasteiger partial charge in [0.25, 0.3) is 0 Å². The smallest absolute Gasteiger partial charge is 0.326 e. The summed E-state index contributed by atoms with van der Waals surface area (Å²) in [5, 5.41) is 21.6. The van der Waals surface area contributed by atoms with E-state index >= 15 is 0 Å². The number of amides is 1. The number of sulfonamides is 1.